The van der Waals surface area contributed by atoms with Gasteiger partial charge in [-0.15, -0.1) is 0 Å². The molecule has 102 valence electrons. The van der Waals surface area contributed by atoms with E-state index in [1.807, 2.05) is 0 Å². The maximum atomic E-state index is 5.04. The highest BCUT2D eigenvalue weighted by Gasteiger charge is 2.44. The molecule has 2 bridgehead atoms. The highest BCUT2D eigenvalue weighted by molar-refractivity contribution is 5.26. The Morgan fingerprint density at radius 2 is 2.05 bits per heavy atom. The quantitative estimate of drug-likeness (QED) is 0.883. The van der Waals surface area contributed by atoms with E-state index in [-0.39, 0.29) is 0 Å². The summed E-state index contributed by atoms with van der Waals surface area (Å²) in [6.45, 7) is 2.15. The molecule has 3 aliphatic carbocycles. The summed E-state index contributed by atoms with van der Waals surface area (Å²) in [5.41, 5.74) is 2.97. The Hall–Kier alpha value is -0.830. The third kappa shape index (κ3) is 1.57. The Bertz CT molecular complexity index is 514. The number of rotatable bonds is 2. The lowest BCUT2D eigenvalue weighted by molar-refractivity contribution is 0.314. The van der Waals surface area contributed by atoms with E-state index in [0.717, 1.165) is 36.9 Å². The molecule has 4 aliphatic rings. The van der Waals surface area contributed by atoms with Crippen molar-refractivity contribution in [3.05, 3.63) is 17.2 Å². The molecule has 1 N–H and O–H groups in total. The number of hydrogen-bond donors (Lipinski definition) is 1. The molecular weight excluding hydrogens is 234 g/mol. The monoisotopic (exact) mass is 257 g/mol. The predicted octanol–water partition coefficient (Wildman–Crippen LogP) is 2.77. The predicted molar refractivity (Wildman–Crippen MR) is 74.1 cm³/mol. The van der Waals surface area contributed by atoms with E-state index in [2.05, 4.69) is 9.88 Å². The lowest BCUT2D eigenvalue weighted by atomic mass is 9.94. The Kier molecular flexibility index (Phi) is 2.21. The Labute approximate surface area is 114 Å². The fourth-order valence-corrected chi connectivity index (χ4v) is 4.88. The molecule has 5 rings (SSSR count). The summed E-state index contributed by atoms with van der Waals surface area (Å²) in [7, 11) is 0. The largest absolute Gasteiger partial charge is 0.328 e. The zero-order chi connectivity index (χ0) is 12.4. The number of hydrogen-bond acceptors (Lipinski definition) is 2. The van der Waals surface area contributed by atoms with Crippen LogP contribution in [0.15, 0.2) is 0 Å². The smallest absolute Gasteiger partial charge is 0.112 e. The summed E-state index contributed by atoms with van der Waals surface area (Å²) in [4.78, 5) is 5.04. The van der Waals surface area contributed by atoms with Crippen LogP contribution in [0.5, 0.6) is 0 Å². The minimum atomic E-state index is 0.796. The first-order valence-corrected chi connectivity index (χ1v) is 8.20. The average molecular weight is 257 g/mol. The van der Waals surface area contributed by atoms with Crippen molar-refractivity contribution in [3.8, 4) is 0 Å². The lowest BCUT2D eigenvalue weighted by Crippen LogP contribution is -2.27. The first-order chi connectivity index (χ1) is 9.40. The van der Waals surface area contributed by atoms with Crippen LogP contribution in [0.3, 0.4) is 0 Å². The Morgan fingerprint density at radius 1 is 1.11 bits per heavy atom. The van der Waals surface area contributed by atoms with Gasteiger partial charge in [0.1, 0.15) is 5.82 Å². The molecule has 3 heteroatoms. The van der Waals surface area contributed by atoms with Gasteiger partial charge >= 0.3 is 0 Å². The van der Waals surface area contributed by atoms with Gasteiger partial charge in [-0.25, -0.2) is 4.98 Å². The van der Waals surface area contributed by atoms with Crippen molar-refractivity contribution in [2.24, 2.45) is 11.8 Å². The number of imidazole rings is 1. The summed E-state index contributed by atoms with van der Waals surface area (Å²) in [5, 5.41) is 3.49. The van der Waals surface area contributed by atoms with Crippen LogP contribution in [0.1, 0.15) is 67.7 Å². The number of nitrogens with zero attached hydrogens (tertiary/aromatic N) is 2. The maximum Gasteiger partial charge on any atom is 0.112 e. The molecule has 0 radical (unpaired) electrons. The van der Waals surface area contributed by atoms with Crippen LogP contribution in [-0.2, 0) is 13.0 Å². The third-order valence-electron chi connectivity index (χ3n) is 5.93. The second-order valence-electron chi connectivity index (χ2n) is 7.18. The van der Waals surface area contributed by atoms with Crippen LogP contribution in [0.2, 0.25) is 0 Å². The van der Waals surface area contributed by atoms with Crippen molar-refractivity contribution in [1.82, 2.24) is 14.9 Å². The van der Waals surface area contributed by atoms with E-state index in [1.54, 1.807) is 5.69 Å². The summed E-state index contributed by atoms with van der Waals surface area (Å²) in [5.74, 6) is 4.26. The van der Waals surface area contributed by atoms with Gasteiger partial charge in [0.2, 0.25) is 0 Å². The zero-order valence-electron chi connectivity index (χ0n) is 11.6. The number of fused-ring (bicyclic) bond motifs is 3. The normalized spacial score (nSPS) is 36.7. The Balaban J connectivity index is 1.61. The van der Waals surface area contributed by atoms with Crippen LogP contribution in [0.4, 0.5) is 0 Å². The molecule has 3 nitrogen and oxygen atoms in total. The minimum Gasteiger partial charge on any atom is -0.328 e. The number of nitrogens with one attached hydrogen (secondary N) is 1. The van der Waals surface area contributed by atoms with Gasteiger partial charge in [0.05, 0.1) is 5.69 Å². The SMILES string of the molecule is C1Cc2c(nc(C3CC3)n2C2CC3CCC2C3)CN1. The molecule has 1 aliphatic heterocycles. The van der Waals surface area contributed by atoms with E-state index >= 15 is 0 Å². The van der Waals surface area contributed by atoms with Crippen molar-refractivity contribution in [2.45, 2.75) is 63.5 Å². The van der Waals surface area contributed by atoms with E-state index in [4.69, 9.17) is 4.98 Å². The summed E-state index contributed by atoms with van der Waals surface area (Å²) >= 11 is 0. The maximum absolute atomic E-state index is 5.04. The highest BCUT2D eigenvalue weighted by atomic mass is 15.2. The fourth-order valence-electron chi connectivity index (χ4n) is 4.88. The molecule has 2 heterocycles. The summed E-state index contributed by atoms with van der Waals surface area (Å²) in [6.07, 6.45) is 9.88. The second kappa shape index (κ2) is 3.85. The van der Waals surface area contributed by atoms with Gasteiger partial charge in [0.15, 0.2) is 0 Å². The Morgan fingerprint density at radius 3 is 2.79 bits per heavy atom. The van der Waals surface area contributed by atoms with Gasteiger partial charge in [-0.05, 0) is 43.9 Å². The average Bonchev–Trinajstić information content (AvgIpc) is 2.92. The second-order valence-corrected chi connectivity index (χ2v) is 7.18. The van der Waals surface area contributed by atoms with E-state index in [1.165, 1.54) is 56.5 Å². The molecule has 3 fully saturated rings. The molecule has 19 heavy (non-hydrogen) atoms. The van der Waals surface area contributed by atoms with E-state index < -0.39 is 0 Å². The van der Waals surface area contributed by atoms with E-state index in [9.17, 15) is 0 Å². The molecule has 1 aromatic heterocycles. The molecule has 0 amide bonds. The molecule has 3 unspecified atom stereocenters. The summed E-state index contributed by atoms with van der Waals surface area (Å²) < 4.78 is 2.75. The molecule has 1 aromatic rings. The van der Waals surface area contributed by atoms with Crippen LogP contribution < -0.4 is 5.32 Å². The lowest BCUT2D eigenvalue weighted by Gasteiger charge is -2.28. The van der Waals surface area contributed by atoms with Crippen LogP contribution in [0.25, 0.3) is 0 Å². The van der Waals surface area contributed by atoms with Crippen LogP contribution in [-0.4, -0.2) is 16.1 Å². The van der Waals surface area contributed by atoms with Crippen molar-refractivity contribution < 1.29 is 0 Å². The van der Waals surface area contributed by atoms with Crippen molar-refractivity contribution in [3.63, 3.8) is 0 Å². The molecule has 0 spiro atoms. The molecule has 3 saturated carbocycles. The molecule has 0 aromatic carbocycles. The van der Waals surface area contributed by atoms with Gasteiger partial charge in [-0.3, -0.25) is 0 Å². The molecule has 0 saturated heterocycles. The van der Waals surface area contributed by atoms with E-state index in [0.29, 0.717) is 0 Å². The topological polar surface area (TPSA) is 29.9 Å². The van der Waals surface area contributed by atoms with Crippen molar-refractivity contribution in [1.29, 1.82) is 0 Å². The van der Waals surface area contributed by atoms with Gasteiger partial charge in [-0.1, -0.05) is 6.42 Å². The van der Waals surface area contributed by atoms with Crippen LogP contribution in [0, 0.1) is 11.8 Å². The van der Waals surface area contributed by atoms with Crippen molar-refractivity contribution >= 4 is 0 Å². The molecule has 3 atom stereocenters. The van der Waals surface area contributed by atoms with Crippen LogP contribution >= 0.6 is 0 Å². The number of aromatic nitrogens is 2. The third-order valence-corrected chi connectivity index (χ3v) is 5.93. The van der Waals surface area contributed by atoms with Gasteiger partial charge in [0, 0.05) is 37.2 Å². The van der Waals surface area contributed by atoms with Gasteiger partial charge in [-0.2, -0.15) is 0 Å². The highest BCUT2D eigenvalue weighted by Crippen LogP contribution is 2.53. The fraction of sp³-hybridized carbons (Fsp3) is 0.812. The minimum absolute atomic E-state index is 0.796. The summed E-state index contributed by atoms with van der Waals surface area (Å²) in [6, 6.07) is 0.809. The first kappa shape index (κ1) is 10.9. The van der Waals surface area contributed by atoms with Gasteiger partial charge < -0.3 is 9.88 Å². The first-order valence-electron chi connectivity index (χ1n) is 8.20. The van der Waals surface area contributed by atoms with Gasteiger partial charge in [0.25, 0.3) is 0 Å². The van der Waals surface area contributed by atoms with Crippen molar-refractivity contribution in [2.75, 3.05) is 6.54 Å². The zero-order valence-corrected chi connectivity index (χ0v) is 11.6. The standard InChI is InChI=1S/C16H23N3/c1-2-12-7-10(1)8-15(12)19-14-5-6-17-9-13(14)18-16(19)11-3-4-11/h10-12,15,17H,1-9H2. The molecular formula is C16H23N3.